The van der Waals surface area contributed by atoms with Gasteiger partial charge in [0.05, 0.1) is 0 Å². The Hall–Kier alpha value is -1.82. The van der Waals surface area contributed by atoms with E-state index in [1.807, 2.05) is 30.3 Å². The molecule has 0 radical (unpaired) electrons. The predicted octanol–water partition coefficient (Wildman–Crippen LogP) is 1.81. The highest BCUT2D eigenvalue weighted by molar-refractivity contribution is 5.62. The van der Waals surface area contributed by atoms with E-state index in [1.165, 1.54) is 0 Å². The van der Waals surface area contributed by atoms with Crippen LogP contribution >= 0.6 is 0 Å². The van der Waals surface area contributed by atoms with Crippen LogP contribution in [0.3, 0.4) is 0 Å². The van der Waals surface area contributed by atoms with Gasteiger partial charge in [0.25, 0.3) is 5.60 Å². The molecule has 3 heteroatoms. The molecule has 1 aromatic carbocycles. The first-order valence-corrected chi connectivity index (χ1v) is 4.04. The Kier molecular flexibility index (Phi) is 1.75. The van der Waals surface area contributed by atoms with Crippen LogP contribution in [0.2, 0.25) is 0 Å². The minimum atomic E-state index is -0.888. The fourth-order valence-electron chi connectivity index (χ4n) is 1.34. The van der Waals surface area contributed by atoms with Gasteiger partial charge in [-0.2, -0.15) is 5.26 Å². The highest BCUT2D eigenvalue weighted by atomic mass is 16.7. The molecule has 0 aliphatic carbocycles. The second kappa shape index (κ2) is 2.91. The Balaban J connectivity index is 2.40. The maximum Gasteiger partial charge on any atom is 0.252 e. The minimum absolute atomic E-state index is 0.521. The Labute approximate surface area is 76.2 Å². The van der Waals surface area contributed by atoms with Crippen molar-refractivity contribution in [2.45, 2.75) is 12.0 Å². The van der Waals surface area contributed by atoms with Crippen molar-refractivity contribution in [3.63, 3.8) is 0 Å². The average Bonchev–Trinajstić information content (AvgIpc) is 2.69. The van der Waals surface area contributed by atoms with Crippen LogP contribution in [0.15, 0.2) is 35.5 Å². The second-order valence-corrected chi connectivity index (χ2v) is 2.89. The smallest absolute Gasteiger partial charge is 0.252 e. The minimum Gasteiger partial charge on any atom is -0.369 e. The van der Waals surface area contributed by atoms with Gasteiger partial charge in [-0.3, -0.25) is 0 Å². The highest BCUT2D eigenvalue weighted by Crippen LogP contribution is 2.31. The number of nitriles is 1. The molecule has 1 aliphatic heterocycles. The zero-order chi connectivity index (χ0) is 9.15. The van der Waals surface area contributed by atoms with E-state index in [0.717, 1.165) is 5.56 Å². The van der Waals surface area contributed by atoms with Crippen LogP contribution in [0.25, 0.3) is 0 Å². The predicted molar refractivity (Wildman–Crippen MR) is 47.9 cm³/mol. The van der Waals surface area contributed by atoms with E-state index < -0.39 is 5.60 Å². The third kappa shape index (κ3) is 1.17. The molecule has 64 valence electrons. The summed E-state index contributed by atoms with van der Waals surface area (Å²) in [6.45, 7) is 0. The van der Waals surface area contributed by atoms with Gasteiger partial charge in [0.1, 0.15) is 6.07 Å². The number of hydrogen-bond acceptors (Lipinski definition) is 3. The maximum absolute atomic E-state index is 9.01. The Bertz CT molecular complexity index is 356. The summed E-state index contributed by atoms with van der Waals surface area (Å²) in [5.74, 6) is 0. The molecular formula is C10H8N2O. The molecule has 0 N–H and O–H groups in total. The van der Waals surface area contributed by atoms with Crippen molar-refractivity contribution >= 4 is 6.21 Å². The van der Waals surface area contributed by atoms with Gasteiger partial charge in [-0.15, -0.1) is 0 Å². The fourth-order valence-corrected chi connectivity index (χ4v) is 1.34. The first kappa shape index (κ1) is 7.81. The molecule has 1 heterocycles. The highest BCUT2D eigenvalue weighted by Gasteiger charge is 2.37. The Morgan fingerprint density at radius 1 is 1.38 bits per heavy atom. The van der Waals surface area contributed by atoms with Gasteiger partial charge in [0, 0.05) is 18.2 Å². The summed E-state index contributed by atoms with van der Waals surface area (Å²) in [6.07, 6.45) is 2.14. The average molecular weight is 172 g/mol. The van der Waals surface area contributed by atoms with Gasteiger partial charge >= 0.3 is 0 Å². The van der Waals surface area contributed by atoms with E-state index in [0.29, 0.717) is 6.42 Å². The van der Waals surface area contributed by atoms with Crippen molar-refractivity contribution in [3.8, 4) is 6.07 Å². The summed E-state index contributed by atoms with van der Waals surface area (Å²) >= 11 is 0. The number of nitrogens with zero attached hydrogens (tertiary/aromatic N) is 2. The summed E-state index contributed by atoms with van der Waals surface area (Å²) in [7, 11) is 0. The summed E-state index contributed by atoms with van der Waals surface area (Å²) < 4.78 is 0. The SMILES string of the molecule is N#CC1(c2ccccc2)CC=NO1. The van der Waals surface area contributed by atoms with E-state index in [-0.39, 0.29) is 0 Å². The molecule has 1 atom stereocenters. The van der Waals surface area contributed by atoms with Gasteiger partial charge in [-0.05, 0) is 0 Å². The van der Waals surface area contributed by atoms with Gasteiger partial charge in [0.15, 0.2) is 0 Å². The van der Waals surface area contributed by atoms with Crippen molar-refractivity contribution in [1.29, 1.82) is 5.26 Å². The van der Waals surface area contributed by atoms with Gasteiger partial charge in [-0.25, -0.2) is 0 Å². The molecule has 1 unspecified atom stereocenters. The van der Waals surface area contributed by atoms with Gasteiger partial charge in [-0.1, -0.05) is 35.5 Å². The second-order valence-electron chi connectivity index (χ2n) is 2.89. The molecule has 1 aromatic rings. The molecule has 0 fully saturated rings. The van der Waals surface area contributed by atoms with E-state index in [2.05, 4.69) is 11.2 Å². The van der Waals surface area contributed by atoms with Crippen LogP contribution in [-0.2, 0) is 10.4 Å². The number of hydrogen-bond donors (Lipinski definition) is 0. The third-order valence-electron chi connectivity index (χ3n) is 2.08. The summed E-state index contributed by atoms with van der Waals surface area (Å²) in [5.41, 5.74) is -0.0312. The lowest BCUT2D eigenvalue weighted by Gasteiger charge is -2.17. The molecule has 0 amide bonds. The molecule has 0 spiro atoms. The molecule has 0 saturated heterocycles. The van der Waals surface area contributed by atoms with E-state index in [1.54, 1.807) is 6.21 Å². The Morgan fingerprint density at radius 2 is 2.15 bits per heavy atom. The van der Waals surface area contributed by atoms with Crippen LogP contribution in [0.4, 0.5) is 0 Å². The van der Waals surface area contributed by atoms with Crippen LogP contribution in [-0.4, -0.2) is 6.21 Å². The molecule has 0 bridgehead atoms. The first-order chi connectivity index (χ1) is 6.37. The zero-order valence-corrected chi connectivity index (χ0v) is 6.97. The van der Waals surface area contributed by atoms with Crippen molar-refractivity contribution in [2.24, 2.45) is 5.16 Å². The van der Waals surface area contributed by atoms with E-state index in [9.17, 15) is 0 Å². The number of benzene rings is 1. The molecular weight excluding hydrogens is 164 g/mol. The monoisotopic (exact) mass is 172 g/mol. The van der Waals surface area contributed by atoms with Crippen LogP contribution < -0.4 is 0 Å². The standard InChI is InChI=1S/C10H8N2O/c11-8-10(6-7-12-13-10)9-4-2-1-3-5-9/h1-5,7H,6H2. The van der Waals surface area contributed by atoms with Crippen molar-refractivity contribution in [3.05, 3.63) is 35.9 Å². The summed E-state index contributed by atoms with van der Waals surface area (Å²) in [4.78, 5) is 5.08. The maximum atomic E-state index is 9.01. The van der Waals surface area contributed by atoms with E-state index >= 15 is 0 Å². The molecule has 0 saturated carbocycles. The van der Waals surface area contributed by atoms with Crippen LogP contribution in [0.5, 0.6) is 0 Å². The molecule has 13 heavy (non-hydrogen) atoms. The van der Waals surface area contributed by atoms with Crippen molar-refractivity contribution in [1.82, 2.24) is 0 Å². The molecule has 1 aliphatic rings. The Morgan fingerprint density at radius 3 is 2.69 bits per heavy atom. The normalized spacial score (nSPS) is 25.2. The topological polar surface area (TPSA) is 45.4 Å². The number of rotatable bonds is 1. The summed E-state index contributed by atoms with van der Waals surface area (Å²) in [6, 6.07) is 11.6. The lowest BCUT2D eigenvalue weighted by atomic mass is 9.93. The lowest BCUT2D eigenvalue weighted by molar-refractivity contribution is 0.0243. The molecule has 2 rings (SSSR count). The van der Waals surface area contributed by atoms with Gasteiger partial charge < -0.3 is 4.84 Å². The third-order valence-corrected chi connectivity index (χ3v) is 2.08. The van der Waals surface area contributed by atoms with Crippen LogP contribution in [0, 0.1) is 11.3 Å². The van der Waals surface area contributed by atoms with Crippen LogP contribution in [0.1, 0.15) is 12.0 Å². The van der Waals surface area contributed by atoms with Crippen molar-refractivity contribution < 1.29 is 4.84 Å². The van der Waals surface area contributed by atoms with E-state index in [4.69, 9.17) is 10.1 Å². The quantitative estimate of drug-likeness (QED) is 0.648. The largest absolute Gasteiger partial charge is 0.369 e. The number of oxime groups is 1. The zero-order valence-electron chi connectivity index (χ0n) is 6.97. The van der Waals surface area contributed by atoms with Gasteiger partial charge in [0.2, 0.25) is 0 Å². The van der Waals surface area contributed by atoms with Crippen molar-refractivity contribution in [2.75, 3.05) is 0 Å². The summed E-state index contributed by atoms with van der Waals surface area (Å²) in [5, 5.41) is 12.7. The lowest BCUT2D eigenvalue weighted by Crippen LogP contribution is -2.22. The first-order valence-electron chi connectivity index (χ1n) is 4.04. The molecule has 0 aromatic heterocycles. The molecule has 3 nitrogen and oxygen atoms in total. The fraction of sp³-hybridized carbons (Fsp3) is 0.200.